The van der Waals surface area contributed by atoms with Crippen molar-refractivity contribution in [1.82, 2.24) is 10.3 Å². The maximum absolute atomic E-state index is 13.4. The number of benzene rings is 1. The zero-order valence-corrected chi connectivity index (χ0v) is 23.6. The number of nitrogens with one attached hydrogen (secondary N) is 1. The van der Waals surface area contributed by atoms with Gasteiger partial charge >= 0.3 is 0 Å². The maximum atomic E-state index is 13.4. The number of thiazole rings is 1. The highest BCUT2D eigenvalue weighted by molar-refractivity contribution is 7.91. The Kier molecular flexibility index (Phi) is 6.86. The third-order valence-electron chi connectivity index (χ3n) is 7.91. The van der Waals surface area contributed by atoms with Crippen molar-refractivity contribution in [2.75, 3.05) is 29.5 Å². The van der Waals surface area contributed by atoms with Gasteiger partial charge in [-0.15, -0.1) is 11.3 Å². The average molecular weight is 541 g/mol. The minimum atomic E-state index is -2.93. The SMILES string of the molecule is CC(C)(C)c1nc(-c2ccc(N3CCS(=O)(=O)CC3)cc2)c([C@@H]2CCCC[C@H]2C(=O)NC2(C#N)CC2)s1. The lowest BCUT2D eigenvalue weighted by molar-refractivity contribution is -0.127. The predicted octanol–water partition coefficient (Wildman–Crippen LogP) is 4.79. The number of carbonyl (C=O) groups is 1. The van der Waals surface area contributed by atoms with Crippen LogP contribution in [0.25, 0.3) is 11.3 Å². The van der Waals surface area contributed by atoms with Crippen LogP contribution in [-0.2, 0) is 20.0 Å². The van der Waals surface area contributed by atoms with E-state index in [1.807, 2.05) is 0 Å². The Balaban J connectivity index is 1.45. The molecule has 0 radical (unpaired) electrons. The molecule has 3 aliphatic rings. The molecule has 1 saturated heterocycles. The van der Waals surface area contributed by atoms with Crippen LogP contribution in [-0.4, -0.2) is 49.4 Å². The monoisotopic (exact) mass is 540 g/mol. The van der Waals surface area contributed by atoms with Gasteiger partial charge in [-0.05, 0) is 37.8 Å². The molecular formula is C28H36N4O3S2. The fourth-order valence-corrected chi connectivity index (χ4v) is 7.93. The number of anilines is 1. The number of sulfone groups is 1. The first kappa shape index (κ1) is 26.2. The summed E-state index contributed by atoms with van der Waals surface area (Å²) in [6, 6.07) is 10.6. The van der Waals surface area contributed by atoms with E-state index in [4.69, 9.17) is 4.98 Å². The Morgan fingerprint density at radius 2 is 1.78 bits per heavy atom. The standard InChI is InChI=1S/C28H36N4O3S2/c1-27(2,3)26-30-23(19-8-10-20(11-9-19)32-14-16-37(34,35)17-15-32)24(36-26)21-6-4-5-7-22(21)25(33)31-28(18-29)12-13-28/h8-11,21-22H,4-7,12-17H2,1-3H3,(H,31,33)/t21-,22-/m1/s1. The van der Waals surface area contributed by atoms with E-state index in [0.717, 1.165) is 60.5 Å². The second-order valence-corrected chi connectivity index (χ2v) is 15.2. The number of carbonyl (C=O) groups excluding carboxylic acids is 1. The molecule has 2 saturated carbocycles. The van der Waals surface area contributed by atoms with E-state index in [1.165, 1.54) is 4.88 Å². The fraction of sp³-hybridized carbons (Fsp3) is 0.607. The molecule has 0 spiro atoms. The molecular weight excluding hydrogens is 504 g/mol. The summed E-state index contributed by atoms with van der Waals surface area (Å²) in [6.45, 7) is 7.53. The van der Waals surface area contributed by atoms with Gasteiger partial charge in [0.2, 0.25) is 5.91 Å². The Bertz CT molecular complexity index is 1300. The molecule has 1 N–H and O–H groups in total. The van der Waals surface area contributed by atoms with Crippen molar-refractivity contribution < 1.29 is 13.2 Å². The first-order valence-corrected chi connectivity index (χ1v) is 15.9. The summed E-state index contributed by atoms with van der Waals surface area (Å²) in [5.74, 6) is 0.326. The first-order valence-electron chi connectivity index (χ1n) is 13.3. The first-order chi connectivity index (χ1) is 17.5. The molecule has 1 aliphatic heterocycles. The van der Waals surface area contributed by atoms with Gasteiger partial charge in [-0.3, -0.25) is 4.79 Å². The Labute approximate surface area is 224 Å². The highest BCUT2D eigenvalue weighted by Crippen LogP contribution is 2.47. The van der Waals surface area contributed by atoms with Crippen molar-refractivity contribution in [3.8, 4) is 17.3 Å². The van der Waals surface area contributed by atoms with Gasteiger partial charge in [0.1, 0.15) is 5.54 Å². The molecule has 198 valence electrons. The zero-order valence-electron chi connectivity index (χ0n) is 21.9. The van der Waals surface area contributed by atoms with E-state index in [1.54, 1.807) is 11.3 Å². The van der Waals surface area contributed by atoms with Crippen molar-refractivity contribution in [3.05, 3.63) is 34.2 Å². The molecule has 5 rings (SSSR count). The number of hydrogen-bond acceptors (Lipinski definition) is 7. The van der Waals surface area contributed by atoms with Crippen LogP contribution in [0.3, 0.4) is 0 Å². The number of hydrogen-bond donors (Lipinski definition) is 1. The molecule has 1 aromatic heterocycles. The minimum absolute atomic E-state index is 0.0100. The number of nitriles is 1. The number of nitrogens with zero attached hydrogens (tertiary/aromatic N) is 3. The van der Waals surface area contributed by atoms with E-state index >= 15 is 0 Å². The van der Waals surface area contributed by atoms with Gasteiger partial charge in [0.25, 0.3) is 0 Å². The second-order valence-electron chi connectivity index (χ2n) is 11.8. The zero-order chi connectivity index (χ0) is 26.4. The molecule has 2 aromatic rings. The third kappa shape index (κ3) is 5.56. The summed E-state index contributed by atoms with van der Waals surface area (Å²) in [5.41, 5.74) is 2.23. The van der Waals surface area contributed by atoms with E-state index in [0.29, 0.717) is 13.1 Å². The van der Waals surface area contributed by atoms with Crippen LogP contribution in [0.15, 0.2) is 24.3 Å². The van der Waals surface area contributed by atoms with E-state index in [2.05, 4.69) is 61.3 Å². The summed E-state index contributed by atoms with van der Waals surface area (Å²) >= 11 is 1.73. The smallest absolute Gasteiger partial charge is 0.224 e. The summed E-state index contributed by atoms with van der Waals surface area (Å²) in [7, 11) is -2.93. The molecule has 3 fully saturated rings. The molecule has 0 bridgehead atoms. The van der Waals surface area contributed by atoms with Crippen LogP contribution in [0, 0.1) is 17.2 Å². The van der Waals surface area contributed by atoms with Crippen molar-refractivity contribution in [2.45, 2.75) is 76.2 Å². The van der Waals surface area contributed by atoms with Gasteiger partial charge in [0.15, 0.2) is 9.84 Å². The van der Waals surface area contributed by atoms with Crippen LogP contribution >= 0.6 is 11.3 Å². The number of amides is 1. The van der Waals surface area contributed by atoms with Crippen LogP contribution in [0.2, 0.25) is 0 Å². The Morgan fingerprint density at radius 1 is 1.14 bits per heavy atom. The quantitative estimate of drug-likeness (QED) is 0.585. The normalized spacial score (nSPS) is 24.8. The van der Waals surface area contributed by atoms with E-state index in [9.17, 15) is 18.5 Å². The van der Waals surface area contributed by atoms with E-state index < -0.39 is 15.4 Å². The van der Waals surface area contributed by atoms with Crippen LogP contribution in [0.1, 0.15) is 75.1 Å². The maximum Gasteiger partial charge on any atom is 0.224 e. The second kappa shape index (κ2) is 9.70. The summed E-state index contributed by atoms with van der Waals surface area (Å²) in [4.78, 5) is 21.8. The largest absolute Gasteiger partial charge is 0.369 e. The Morgan fingerprint density at radius 3 is 2.38 bits per heavy atom. The van der Waals surface area contributed by atoms with E-state index in [-0.39, 0.29) is 34.7 Å². The summed E-state index contributed by atoms with van der Waals surface area (Å²) < 4.78 is 23.7. The predicted molar refractivity (Wildman–Crippen MR) is 148 cm³/mol. The molecule has 2 aliphatic carbocycles. The Hall–Kier alpha value is -2.44. The van der Waals surface area contributed by atoms with Gasteiger partial charge in [0.05, 0.1) is 28.3 Å². The molecule has 1 aromatic carbocycles. The number of aromatic nitrogens is 1. The average Bonchev–Trinajstić information content (AvgIpc) is 3.49. The van der Waals surface area contributed by atoms with Gasteiger partial charge in [-0.25, -0.2) is 13.4 Å². The molecule has 9 heteroatoms. The fourth-order valence-electron chi connectivity index (χ4n) is 5.39. The summed E-state index contributed by atoms with van der Waals surface area (Å²) in [6.07, 6.45) is 5.35. The van der Waals surface area contributed by atoms with Crippen LogP contribution in [0.4, 0.5) is 5.69 Å². The number of rotatable bonds is 5. The van der Waals surface area contributed by atoms with Gasteiger partial charge in [-0.2, -0.15) is 5.26 Å². The lowest BCUT2D eigenvalue weighted by Gasteiger charge is -2.31. The van der Waals surface area contributed by atoms with Gasteiger partial charge in [-0.1, -0.05) is 45.7 Å². The molecule has 0 unspecified atom stereocenters. The topological polar surface area (TPSA) is 103 Å². The molecule has 37 heavy (non-hydrogen) atoms. The minimum Gasteiger partial charge on any atom is -0.369 e. The van der Waals surface area contributed by atoms with Gasteiger partial charge < -0.3 is 10.2 Å². The van der Waals surface area contributed by atoms with Crippen molar-refractivity contribution >= 4 is 32.8 Å². The van der Waals surface area contributed by atoms with Crippen molar-refractivity contribution in [3.63, 3.8) is 0 Å². The van der Waals surface area contributed by atoms with Crippen molar-refractivity contribution in [1.29, 1.82) is 5.26 Å². The highest BCUT2D eigenvalue weighted by Gasteiger charge is 2.47. The van der Waals surface area contributed by atoms with Crippen molar-refractivity contribution in [2.24, 2.45) is 5.92 Å². The molecule has 7 nitrogen and oxygen atoms in total. The molecule has 2 heterocycles. The lowest BCUT2D eigenvalue weighted by atomic mass is 9.77. The lowest BCUT2D eigenvalue weighted by Crippen LogP contribution is -2.42. The summed E-state index contributed by atoms with van der Waals surface area (Å²) in [5, 5.41) is 13.6. The van der Waals surface area contributed by atoms with Crippen LogP contribution in [0.5, 0.6) is 0 Å². The highest BCUT2D eigenvalue weighted by atomic mass is 32.2. The van der Waals surface area contributed by atoms with Crippen LogP contribution < -0.4 is 10.2 Å². The third-order valence-corrected chi connectivity index (χ3v) is 11.1. The molecule has 2 atom stereocenters. The van der Waals surface area contributed by atoms with Gasteiger partial charge in [0, 0.05) is 46.5 Å². The molecule has 1 amide bonds.